The summed E-state index contributed by atoms with van der Waals surface area (Å²) in [6, 6.07) is 9.65. The number of β-amino-alcohol motifs (C(OH)–C–C–N with tert-alkyl or cyclic N) is 1. The van der Waals surface area contributed by atoms with Crippen LogP contribution in [0.5, 0.6) is 5.75 Å². The molecule has 154 valence electrons. The van der Waals surface area contributed by atoms with Crippen molar-refractivity contribution in [2.45, 2.75) is 31.9 Å². The Balaban J connectivity index is 1.65. The summed E-state index contributed by atoms with van der Waals surface area (Å²) < 4.78 is 32.3. The van der Waals surface area contributed by atoms with Crippen LogP contribution in [0.4, 0.5) is 13.6 Å². The highest BCUT2D eigenvalue weighted by Gasteiger charge is 2.49. The minimum atomic E-state index is -1.55. The summed E-state index contributed by atoms with van der Waals surface area (Å²) in [6.45, 7) is 3.02. The van der Waals surface area contributed by atoms with E-state index in [1.165, 1.54) is 13.0 Å². The molecule has 1 saturated heterocycles. The summed E-state index contributed by atoms with van der Waals surface area (Å²) in [4.78, 5) is 25.9. The van der Waals surface area contributed by atoms with Gasteiger partial charge in [0, 0.05) is 0 Å². The fraction of sp³-hybridized carbons (Fsp3) is 0.333. The van der Waals surface area contributed by atoms with Gasteiger partial charge in [-0.15, -0.1) is 0 Å². The van der Waals surface area contributed by atoms with Gasteiger partial charge in [0.05, 0.1) is 6.54 Å². The van der Waals surface area contributed by atoms with Crippen molar-refractivity contribution in [3.8, 4) is 5.75 Å². The number of carbonyl (C=O) groups is 2. The van der Waals surface area contributed by atoms with E-state index in [0.717, 1.165) is 29.0 Å². The predicted molar refractivity (Wildman–Crippen MR) is 101 cm³/mol. The topological polar surface area (TPSA) is 78.9 Å². The van der Waals surface area contributed by atoms with Crippen molar-refractivity contribution >= 4 is 11.9 Å². The van der Waals surface area contributed by atoms with Gasteiger partial charge in [-0.1, -0.05) is 25.1 Å². The molecule has 8 heteroatoms. The van der Waals surface area contributed by atoms with Gasteiger partial charge in [-0.3, -0.25) is 9.69 Å². The zero-order chi connectivity index (χ0) is 21.2. The lowest BCUT2D eigenvalue weighted by Crippen LogP contribution is -2.42. The lowest BCUT2D eigenvalue weighted by Gasteiger charge is -2.23. The minimum absolute atomic E-state index is 0.110. The number of benzene rings is 2. The number of carbonyl (C=O) groups excluding carboxylic acids is 2. The van der Waals surface area contributed by atoms with Crippen LogP contribution < -0.4 is 10.1 Å². The second kappa shape index (κ2) is 8.16. The summed E-state index contributed by atoms with van der Waals surface area (Å²) in [5, 5.41) is 12.7. The second-order valence-corrected chi connectivity index (χ2v) is 7.06. The molecule has 1 fully saturated rings. The molecule has 2 aromatic rings. The first-order valence-corrected chi connectivity index (χ1v) is 9.24. The zero-order valence-electron chi connectivity index (χ0n) is 16.1. The molecule has 2 aromatic carbocycles. The molecule has 0 spiro atoms. The molecule has 29 heavy (non-hydrogen) atoms. The summed E-state index contributed by atoms with van der Waals surface area (Å²) >= 11 is 0. The van der Waals surface area contributed by atoms with E-state index in [-0.39, 0.29) is 18.7 Å². The molecule has 1 heterocycles. The molecule has 0 radical (unpaired) electrons. The normalized spacial score (nSPS) is 20.0. The fourth-order valence-corrected chi connectivity index (χ4v) is 3.14. The van der Waals surface area contributed by atoms with Crippen molar-refractivity contribution in [1.29, 1.82) is 0 Å². The molecule has 0 saturated carbocycles. The number of rotatable bonds is 7. The Hall–Kier alpha value is -3.00. The lowest BCUT2D eigenvalue weighted by atomic mass is 9.92. The van der Waals surface area contributed by atoms with Crippen LogP contribution in [0.25, 0.3) is 0 Å². The lowest BCUT2D eigenvalue weighted by molar-refractivity contribution is -0.132. The highest BCUT2D eigenvalue weighted by Crippen LogP contribution is 2.30. The maximum absolute atomic E-state index is 13.6. The van der Waals surface area contributed by atoms with E-state index in [9.17, 15) is 23.5 Å². The third-order valence-corrected chi connectivity index (χ3v) is 4.94. The molecule has 2 atom stereocenters. The molecule has 1 aliphatic rings. The molecule has 3 amide bonds. The van der Waals surface area contributed by atoms with Crippen LogP contribution in [0.1, 0.15) is 25.0 Å². The number of hydrogen-bond acceptors (Lipinski definition) is 4. The van der Waals surface area contributed by atoms with E-state index in [4.69, 9.17) is 4.74 Å². The number of aryl methyl sites for hydroxylation is 1. The third-order valence-electron chi connectivity index (χ3n) is 4.94. The highest BCUT2D eigenvalue weighted by atomic mass is 19.2. The van der Waals surface area contributed by atoms with Gasteiger partial charge in [-0.2, -0.15) is 0 Å². The Morgan fingerprint density at radius 3 is 2.45 bits per heavy atom. The molecule has 3 rings (SSSR count). The predicted octanol–water partition coefficient (Wildman–Crippen LogP) is 2.73. The van der Waals surface area contributed by atoms with Gasteiger partial charge in [0.1, 0.15) is 24.0 Å². The maximum atomic E-state index is 13.6. The van der Waals surface area contributed by atoms with Crippen LogP contribution in [0, 0.1) is 11.6 Å². The number of aliphatic hydroxyl groups is 1. The standard InChI is InChI=1S/C21H22F2N2O4/c1-3-13-4-7-16(8-5-13)29-12-15(26)11-25-19(27)21(2,24-20(25)28)14-6-9-17(22)18(23)10-14/h4-10,15,26H,3,11-12H2,1-2H3,(H,24,28). The largest absolute Gasteiger partial charge is 0.491 e. The maximum Gasteiger partial charge on any atom is 0.325 e. The van der Waals surface area contributed by atoms with Crippen LogP contribution in [-0.2, 0) is 16.8 Å². The van der Waals surface area contributed by atoms with E-state index in [0.29, 0.717) is 5.75 Å². The number of aliphatic hydroxyl groups excluding tert-OH is 1. The molecule has 0 aromatic heterocycles. The van der Waals surface area contributed by atoms with Gasteiger partial charge in [0.25, 0.3) is 5.91 Å². The number of urea groups is 1. The Morgan fingerprint density at radius 1 is 1.14 bits per heavy atom. The summed E-state index contributed by atoms with van der Waals surface area (Å²) in [5.74, 6) is -2.28. The molecule has 1 aliphatic heterocycles. The van der Waals surface area contributed by atoms with E-state index in [1.54, 1.807) is 12.1 Å². The average molecular weight is 404 g/mol. The summed E-state index contributed by atoms with van der Waals surface area (Å²) in [6.07, 6.45) is -0.228. The Bertz CT molecular complexity index is 919. The minimum Gasteiger partial charge on any atom is -0.491 e. The first-order valence-electron chi connectivity index (χ1n) is 9.24. The van der Waals surface area contributed by atoms with Crippen molar-refractivity contribution in [3.05, 3.63) is 65.2 Å². The van der Waals surface area contributed by atoms with Crippen LogP contribution in [0.3, 0.4) is 0 Å². The van der Waals surface area contributed by atoms with Gasteiger partial charge in [-0.05, 0) is 48.7 Å². The van der Waals surface area contributed by atoms with E-state index < -0.39 is 35.2 Å². The smallest absolute Gasteiger partial charge is 0.325 e. The van der Waals surface area contributed by atoms with Crippen molar-refractivity contribution in [3.63, 3.8) is 0 Å². The Labute approximate surface area is 167 Å². The molecule has 6 nitrogen and oxygen atoms in total. The second-order valence-electron chi connectivity index (χ2n) is 7.06. The number of hydrogen-bond donors (Lipinski definition) is 2. The number of ether oxygens (including phenoxy) is 1. The quantitative estimate of drug-likeness (QED) is 0.696. The van der Waals surface area contributed by atoms with Gasteiger partial charge in [0.15, 0.2) is 11.6 Å². The van der Waals surface area contributed by atoms with E-state index in [1.807, 2.05) is 19.1 Å². The number of amides is 3. The van der Waals surface area contributed by atoms with E-state index >= 15 is 0 Å². The monoisotopic (exact) mass is 404 g/mol. The SMILES string of the molecule is CCc1ccc(OCC(O)CN2C(=O)NC(C)(c3ccc(F)c(F)c3)C2=O)cc1. The van der Waals surface area contributed by atoms with Gasteiger partial charge in [-0.25, -0.2) is 13.6 Å². The number of nitrogens with zero attached hydrogens (tertiary/aromatic N) is 1. The van der Waals surface area contributed by atoms with Crippen molar-refractivity contribution < 1.29 is 28.2 Å². The molecule has 0 bridgehead atoms. The molecular weight excluding hydrogens is 382 g/mol. The van der Waals surface area contributed by atoms with Crippen LogP contribution >= 0.6 is 0 Å². The first-order chi connectivity index (χ1) is 13.7. The summed E-state index contributed by atoms with van der Waals surface area (Å²) in [7, 11) is 0. The van der Waals surface area contributed by atoms with Crippen molar-refractivity contribution in [2.75, 3.05) is 13.2 Å². The third kappa shape index (κ3) is 4.22. The van der Waals surface area contributed by atoms with Crippen LogP contribution in [-0.4, -0.2) is 41.2 Å². The average Bonchev–Trinajstić information content (AvgIpc) is 2.92. The summed E-state index contributed by atoms with van der Waals surface area (Å²) in [5.41, 5.74) is -0.296. The highest BCUT2D eigenvalue weighted by molar-refractivity contribution is 6.07. The van der Waals surface area contributed by atoms with Gasteiger partial charge >= 0.3 is 6.03 Å². The van der Waals surface area contributed by atoms with Crippen LogP contribution in [0.15, 0.2) is 42.5 Å². The molecular formula is C21H22F2N2O4. The van der Waals surface area contributed by atoms with Gasteiger partial charge < -0.3 is 15.2 Å². The molecule has 2 unspecified atom stereocenters. The fourth-order valence-electron chi connectivity index (χ4n) is 3.14. The van der Waals surface area contributed by atoms with Crippen LogP contribution in [0.2, 0.25) is 0 Å². The number of halogens is 2. The van der Waals surface area contributed by atoms with Crippen molar-refractivity contribution in [2.24, 2.45) is 0 Å². The Morgan fingerprint density at radius 2 is 1.83 bits per heavy atom. The van der Waals surface area contributed by atoms with Crippen molar-refractivity contribution in [1.82, 2.24) is 10.2 Å². The zero-order valence-corrected chi connectivity index (χ0v) is 16.1. The number of nitrogens with one attached hydrogen (secondary N) is 1. The Kier molecular flexibility index (Phi) is 5.83. The first kappa shape index (κ1) is 20.7. The molecule has 2 N–H and O–H groups in total. The van der Waals surface area contributed by atoms with E-state index in [2.05, 4.69) is 5.32 Å². The van der Waals surface area contributed by atoms with Gasteiger partial charge in [0.2, 0.25) is 0 Å². The molecule has 0 aliphatic carbocycles. The number of imide groups is 1.